The Hall–Kier alpha value is 0.0400. The summed E-state index contributed by atoms with van der Waals surface area (Å²) in [5, 5.41) is 2.77. The van der Waals surface area contributed by atoms with Crippen LogP contribution in [-0.4, -0.2) is 17.3 Å². The van der Waals surface area contributed by atoms with Crippen molar-refractivity contribution in [3.8, 4) is 0 Å². The number of hydrogen-bond donors (Lipinski definition) is 1. The first-order valence-electron chi connectivity index (χ1n) is 4.19. The van der Waals surface area contributed by atoms with Crippen LogP contribution in [0.4, 0.5) is 0 Å². The van der Waals surface area contributed by atoms with Crippen LogP contribution in [0.3, 0.4) is 0 Å². The van der Waals surface area contributed by atoms with Gasteiger partial charge in [0.05, 0.1) is 9.90 Å². The summed E-state index contributed by atoms with van der Waals surface area (Å²) in [6, 6.07) is 1.55. The van der Waals surface area contributed by atoms with E-state index in [1.165, 1.54) is 11.3 Å². The number of amides is 1. The lowest BCUT2D eigenvalue weighted by atomic mass is 10.1. The normalized spacial score (nSPS) is 11.5. The van der Waals surface area contributed by atoms with Crippen molar-refractivity contribution in [2.24, 2.45) is 0 Å². The molecule has 0 aliphatic heterocycles. The van der Waals surface area contributed by atoms with Gasteiger partial charge in [-0.25, -0.2) is 0 Å². The van der Waals surface area contributed by atoms with E-state index in [0.29, 0.717) is 20.1 Å². The van der Waals surface area contributed by atoms with Crippen molar-refractivity contribution in [3.63, 3.8) is 0 Å². The minimum Gasteiger partial charge on any atom is -0.346 e. The molecule has 0 saturated heterocycles. The highest BCUT2D eigenvalue weighted by molar-refractivity contribution is 7.20. The zero-order chi connectivity index (χ0) is 11.6. The van der Waals surface area contributed by atoms with Crippen LogP contribution >= 0.6 is 46.1 Å². The molecule has 15 heavy (non-hydrogen) atoms. The molecule has 1 aromatic rings. The van der Waals surface area contributed by atoms with E-state index >= 15 is 0 Å². The molecule has 0 saturated carbocycles. The molecule has 0 bridgehead atoms. The SMILES string of the molecule is CC(C)(CCl)NC(=O)c1cc(Cl)sc1Cl. The van der Waals surface area contributed by atoms with Gasteiger partial charge in [-0.15, -0.1) is 22.9 Å². The number of rotatable bonds is 3. The van der Waals surface area contributed by atoms with Gasteiger partial charge in [-0.2, -0.15) is 0 Å². The molecule has 1 amide bonds. The highest BCUT2D eigenvalue weighted by atomic mass is 35.5. The molecule has 0 aliphatic rings. The van der Waals surface area contributed by atoms with E-state index in [2.05, 4.69) is 5.32 Å². The van der Waals surface area contributed by atoms with E-state index in [1.54, 1.807) is 6.07 Å². The van der Waals surface area contributed by atoms with Crippen LogP contribution in [-0.2, 0) is 0 Å². The summed E-state index contributed by atoms with van der Waals surface area (Å²) in [5.41, 5.74) is -0.0685. The van der Waals surface area contributed by atoms with Crippen molar-refractivity contribution >= 4 is 52.0 Å². The number of thiophene rings is 1. The smallest absolute Gasteiger partial charge is 0.254 e. The zero-order valence-electron chi connectivity index (χ0n) is 8.23. The van der Waals surface area contributed by atoms with Crippen molar-refractivity contribution in [3.05, 3.63) is 20.3 Å². The fourth-order valence-corrected chi connectivity index (χ4v) is 2.43. The summed E-state index contributed by atoms with van der Waals surface area (Å²) in [6.07, 6.45) is 0. The van der Waals surface area contributed by atoms with Gasteiger partial charge in [0.15, 0.2) is 0 Å². The van der Waals surface area contributed by atoms with Crippen LogP contribution in [0.25, 0.3) is 0 Å². The van der Waals surface area contributed by atoms with Gasteiger partial charge < -0.3 is 5.32 Å². The second-order valence-electron chi connectivity index (χ2n) is 3.71. The molecule has 1 heterocycles. The topological polar surface area (TPSA) is 29.1 Å². The van der Waals surface area contributed by atoms with Crippen LogP contribution in [0.15, 0.2) is 6.07 Å². The summed E-state index contributed by atoms with van der Waals surface area (Å²) in [4.78, 5) is 11.7. The molecule has 0 spiro atoms. The molecular weight excluding hydrogens is 277 g/mol. The highest BCUT2D eigenvalue weighted by Gasteiger charge is 2.22. The second kappa shape index (κ2) is 4.91. The number of carbonyl (C=O) groups is 1. The van der Waals surface area contributed by atoms with Crippen LogP contribution in [0, 0.1) is 0 Å². The Morgan fingerprint density at radius 3 is 2.53 bits per heavy atom. The molecule has 0 atom stereocenters. The van der Waals surface area contributed by atoms with E-state index in [4.69, 9.17) is 34.8 Å². The minimum absolute atomic E-state index is 0.256. The lowest BCUT2D eigenvalue weighted by molar-refractivity contribution is 0.0921. The molecule has 0 unspecified atom stereocenters. The van der Waals surface area contributed by atoms with Gasteiger partial charge >= 0.3 is 0 Å². The minimum atomic E-state index is -0.462. The average molecular weight is 287 g/mol. The third-order valence-electron chi connectivity index (χ3n) is 1.69. The molecular formula is C9H10Cl3NOS. The van der Waals surface area contributed by atoms with Gasteiger partial charge in [-0.1, -0.05) is 23.2 Å². The Bertz CT molecular complexity index is 375. The maximum atomic E-state index is 11.7. The maximum Gasteiger partial charge on any atom is 0.254 e. The Morgan fingerprint density at radius 1 is 1.53 bits per heavy atom. The number of hydrogen-bond acceptors (Lipinski definition) is 2. The first kappa shape index (κ1) is 13.1. The zero-order valence-corrected chi connectivity index (χ0v) is 11.3. The number of alkyl halides is 1. The van der Waals surface area contributed by atoms with E-state index in [9.17, 15) is 4.79 Å². The third-order valence-corrected chi connectivity index (χ3v) is 3.84. The van der Waals surface area contributed by atoms with Gasteiger partial charge in [0.2, 0.25) is 0 Å². The molecule has 0 radical (unpaired) electrons. The van der Waals surface area contributed by atoms with Gasteiger partial charge in [-0.3, -0.25) is 4.79 Å². The summed E-state index contributed by atoms with van der Waals surface area (Å²) in [7, 11) is 0. The van der Waals surface area contributed by atoms with E-state index < -0.39 is 5.54 Å². The maximum absolute atomic E-state index is 11.7. The van der Waals surface area contributed by atoms with Gasteiger partial charge in [-0.05, 0) is 19.9 Å². The van der Waals surface area contributed by atoms with E-state index in [1.807, 2.05) is 13.8 Å². The van der Waals surface area contributed by atoms with E-state index in [-0.39, 0.29) is 5.91 Å². The van der Waals surface area contributed by atoms with Crippen molar-refractivity contribution < 1.29 is 4.79 Å². The summed E-state index contributed by atoms with van der Waals surface area (Å²) < 4.78 is 0.886. The predicted octanol–water partition coefficient (Wildman–Crippen LogP) is 3.80. The standard InChI is InChI=1S/C9H10Cl3NOS/c1-9(2,4-10)13-8(14)5-3-6(11)15-7(5)12/h3H,4H2,1-2H3,(H,13,14). The first-order chi connectivity index (χ1) is 6.85. The Kier molecular flexibility index (Phi) is 4.29. The van der Waals surface area contributed by atoms with Crippen LogP contribution in [0.2, 0.25) is 8.67 Å². The third kappa shape index (κ3) is 3.52. The molecule has 0 aromatic carbocycles. The Morgan fingerprint density at radius 2 is 2.13 bits per heavy atom. The molecule has 1 aromatic heterocycles. The van der Waals surface area contributed by atoms with Gasteiger partial charge in [0, 0.05) is 11.4 Å². The fraction of sp³-hybridized carbons (Fsp3) is 0.444. The Balaban J connectivity index is 2.82. The van der Waals surface area contributed by atoms with Gasteiger partial charge in [0.1, 0.15) is 4.34 Å². The predicted molar refractivity (Wildman–Crippen MR) is 66.6 cm³/mol. The summed E-state index contributed by atoms with van der Waals surface area (Å²) in [5.74, 6) is 0.0719. The number of nitrogens with one attached hydrogen (secondary N) is 1. The highest BCUT2D eigenvalue weighted by Crippen LogP contribution is 2.31. The summed E-state index contributed by atoms with van der Waals surface area (Å²) >= 11 is 18.5. The fourth-order valence-electron chi connectivity index (χ4n) is 0.903. The number of carbonyl (C=O) groups excluding carboxylic acids is 1. The van der Waals surface area contributed by atoms with E-state index in [0.717, 1.165) is 0 Å². The van der Waals surface area contributed by atoms with Crippen LogP contribution in [0.5, 0.6) is 0 Å². The van der Waals surface area contributed by atoms with Crippen LogP contribution in [0.1, 0.15) is 24.2 Å². The quantitative estimate of drug-likeness (QED) is 0.841. The van der Waals surface area contributed by atoms with Crippen LogP contribution < -0.4 is 5.32 Å². The van der Waals surface area contributed by atoms with Crippen molar-refractivity contribution in [1.29, 1.82) is 0 Å². The first-order valence-corrected chi connectivity index (χ1v) is 6.30. The average Bonchev–Trinajstić information content (AvgIpc) is 2.45. The molecule has 2 nitrogen and oxygen atoms in total. The van der Waals surface area contributed by atoms with Crippen molar-refractivity contribution in [2.75, 3.05) is 5.88 Å². The molecule has 1 rings (SSSR count). The lowest BCUT2D eigenvalue weighted by Gasteiger charge is -2.22. The molecule has 0 fully saturated rings. The Labute approximate surface area is 108 Å². The van der Waals surface area contributed by atoms with Crippen molar-refractivity contribution in [2.45, 2.75) is 19.4 Å². The largest absolute Gasteiger partial charge is 0.346 e. The second-order valence-corrected chi connectivity index (χ2v) is 6.26. The molecule has 1 N–H and O–H groups in total. The molecule has 84 valence electrons. The number of halogens is 3. The molecule has 0 aliphatic carbocycles. The lowest BCUT2D eigenvalue weighted by Crippen LogP contribution is -2.44. The molecule has 6 heteroatoms. The van der Waals surface area contributed by atoms with Crippen molar-refractivity contribution in [1.82, 2.24) is 5.32 Å². The monoisotopic (exact) mass is 285 g/mol. The van der Waals surface area contributed by atoms with Gasteiger partial charge in [0.25, 0.3) is 5.91 Å². The summed E-state index contributed by atoms with van der Waals surface area (Å²) in [6.45, 7) is 3.67.